The van der Waals surface area contributed by atoms with Gasteiger partial charge in [-0.1, -0.05) is 0 Å². The van der Waals surface area contributed by atoms with Crippen LogP contribution in [-0.2, 0) is 0 Å². The third-order valence-electron chi connectivity index (χ3n) is 4.35. The average molecular weight is 500 g/mol. The van der Waals surface area contributed by atoms with E-state index < -0.39 is 21.4 Å². The van der Waals surface area contributed by atoms with Crippen LogP contribution in [0.15, 0.2) is 48.5 Å². The monoisotopic (exact) mass is 500 g/mol. The molecule has 36 heavy (non-hydrogen) atoms. The maximum absolute atomic E-state index is 13.3. The Labute approximate surface area is 203 Å². The zero-order valence-corrected chi connectivity index (χ0v) is 19.4. The number of aromatic nitrogens is 4. The van der Waals surface area contributed by atoms with Gasteiger partial charge in [-0.05, 0) is 32.9 Å². The molecule has 0 spiro atoms. The van der Waals surface area contributed by atoms with Gasteiger partial charge in [0.25, 0.3) is 0 Å². The zero-order valence-electron chi connectivity index (χ0n) is 19.4. The number of aryl methyl sites for hydroxylation is 2. The number of nitro benzene ring substituents is 2. The normalized spacial score (nSPS) is 10.2. The number of hydrogen-bond donors (Lipinski definition) is 2. The Morgan fingerprint density at radius 1 is 0.833 bits per heavy atom. The summed E-state index contributed by atoms with van der Waals surface area (Å²) >= 11 is 0. The summed E-state index contributed by atoms with van der Waals surface area (Å²) in [5.41, 5.74) is 0.979. The van der Waals surface area contributed by atoms with E-state index in [-0.39, 0.29) is 23.1 Å². The molecule has 4 rings (SSSR count). The second kappa shape index (κ2) is 11.4. The third kappa shape index (κ3) is 6.75. The number of nitrogens with one attached hydrogen (secondary N) is 2. The number of ether oxygens (including phenoxy) is 3. The smallest absolute Gasteiger partial charge is 0.311 e. The summed E-state index contributed by atoms with van der Waals surface area (Å²) < 4.78 is 29.2. The van der Waals surface area contributed by atoms with Gasteiger partial charge in [0, 0.05) is 47.8 Å². The maximum Gasteiger partial charge on any atom is 0.311 e. The number of halogens is 1. The summed E-state index contributed by atoms with van der Waals surface area (Å²) in [6, 6.07) is 11.0. The second-order valence-corrected chi connectivity index (χ2v) is 7.17. The molecular weight excluding hydrogens is 479 g/mol. The number of hydrogen-bond acceptors (Lipinski definition) is 9. The van der Waals surface area contributed by atoms with Crippen LogP contribution in [-0.4, -0.2) is 36.8 Å². The van der Waals surface area contributed by atoms with Crippen molar-refractivity contribution in [1.82, 2.24) is 20.4 Å². The van der Waals surface area contributed by atoms with Crippen molar-refractivity contribution in [3.05, 3.63) is 86.0 Å². The number of nitrogens with zero attached hydrogens (tertiary/aromatic N) is 4. The van der Waals surface area contributed by atoms with Gasteiger partial charge in [0.05, 0.1) is 16.5 Å². The van der Waals surface area contributed by atoms with Crippen LogP contribution in [0.25, 0.3) is 0 Å². The highest BCUT2D eigenvalue weighted by Crippen LogP contribution is 2.33. The van der Waals surface area contributed by atoms with E-state index in [9.17, 15) is 24.6 Å². The van der Waals surface area contributed by atoms with E-state index in [4.69, 9.17) is 14.2 Å². The molecule has 13 nitrogen and oxygen atoms in total. The van der Waals surface area contributed by atoms with Crippen LogP contribution in [0.2, 0.25) is 0 Å². The molecule has 188 valence electrons. The molecule has 0 aliphatic heterocycles. The lowest BCUT2D eigenvalue weighted by molar-refractivity contribution is -0.387. The summed E-state index contributed by atoms with van der Waals surface area (Å²) in [6.07, 6.45) is 0. The van der Waals surface area contributed by atoms with Crippen LogP contribution in [0.5, 0.6) is 29.0 Å². The predicted octanol–water partition coefficient (Wildman–Crippen LogP) is 5.38. The van der Waals surface area contributed by atoms with Gasteiger partial charge < -0.3 is 14.2 Å². The Bertz CT molecular complexity index is 1370. The second-order valence-electron chi connectivity index (χ2n) is 7.17. The average Bonchev–Trinajstić information content (AvgIpc) is 3.41. The van der Waals surface area contributed by atoms with Gasteiger partial charge >= 0.3 is 11.4 Å². The maximum atomic E-state index is 13.3. The molecule has 4 aromatic rings. The molecule has 0 radical (unpaired) electrons. The van der Waals surface area contributed by atoms with Gasteiger partial charge in [-0.25, -0.2) is 0 Å². The minimum Gasteiger partial charge on any atom is -0.487 e. The predicted molar refractivity (Wildman–Crippen MR) is 124 cm³/mol. The first-order valence-corrected chi connectivity index (χ1v) is 10.4. The third-order valence-corrected chi connectivity index (χ3v) is 4.35. The number of nitro groups is 2. The molecular formula is C22H21FN6O7. The molecule has 0 atom stereocenters. The molecule has 2 aromatic carbocycles. The fourth-order valence-corrected chi connectivity index (χ4v) is 2.81. The summed E-state index contributed by atoms with van der Waals surface area (Å²) in [6.45, 7) is 5.73. The Morgan fingerprint density at radius 3 is 1.75 bits per heavy atom. The molecule has 0 aliphatic rings. The zero-order chi connectivity index (χ0) is 26.2. The van der Waals surface area contributed by atoms with Gasteiger partial charge in [-0.3, -0.25) is 30.4 Å². The number of benzene rings is 2. The molecule has 0 unspecified atom stereocenters. The van der Waals surface area contributed by atoms with E-state index in [0.717, 1.165) is 23.5 Å². The number of H-pyrrole nitrogens is 2. The van der Waals surface area contributed by atoms with Crippen LogP contribution < -0.4 is 14.2 Å². The first kappa shape index (κ1) is 25.6. The highest BCUT2D eigenvalue weighted by Gasteiger charge is 2.17. The van der Waals surface area contributed by atoms with Gasteiger partial charge in [-0.2, -0.15) is 4.39 Å². The Morgan fingerprint density at radius 2 is 1.33 bits per heavy atom. The van der Waals surface area contributed by atoms with Crippen LogP contribution in [0.3, 0.4) is 0 Å². The molecule has 2 aromatic heterocycles. The minimum absolute atomic E-state index is 0.0904. The van der Waals surface area contributed by atoms with Crippen LogP contribution in [0.4, 0.5) is 15.8 Å². The molecule has 0 amide bonds. The van der Waals surface area contributed by atoms with E-state index in [1.54, 1.807) is 26.0 Å². The molecule has 0 aliphatic carbocycles. The summed E-state index contributed by atoms with van der Waals surface area (Å²) in [5, 5.41) is 34.4. The van der Waals surface area contributed by atoms with Gasteiger partial charge in [0.1, 0.15) is 11.5 Å². The van der Waals surface area contributed by atoms with Crippen molar-refractivity contribution in [2.75, 3.05) is 6.61 Å². The van der Waals surface area contributed by atoms with Crippen molar-refractivity contribution in [3.63, 3.8) is 0 Å². The van der Waals surface area contributed by atoms with E-state index in [1.807, 2.05) is 6.92 Å². The standard InChI is InChI=1S/C12H13N3O4.C10H8FN3O3/c1-3-18-11-7-9(4-5-10(11)15(16)17)19-12-6-8(2)13-14-12;1-6-4-10(13-12-6)17-7-2-3-9(14(15)16)8(11)5-7/h4-7H,3H2,1-2H3,(H,13,14);2-5H,1H3,(H,12,13). The van der Waals surface area contributed by atoms with Gasteiger partial charge in [-0.15, -0.1) is 10.2 Å². The summed E-state index contributed by atoms with van der Waals surface area (Å²) in [4.78, 5) is 20.0. The molecule has 0 bridgehead atoms. The molecule has 0 fully saturated rings. The fraction of sp³-hybridized carbons (Fsp3) is 0.182. The fourth-order valence-electron chi connectivity index (χ4n) is 2.81. The molecule has 14 heteroatoms. The van der Waals surface area contributed by atoms with Crippen molar-refractivity contribution >= 4 is 11.4 Å². The topological polar surface area (TPSA) is 171 Å². The lowest BCUT2D eigenvalue weighted by atomic mass is 10.3. The SMILES string of the molecule is CCOc1cc(Oc2cc(C)[nH]n2)ccc1[N+](=O)[O-].Cc1cc(Oc2ccc([N+](=O)[O-])c(F)c2)n[nH]1. The van der Waals surface area contributed by atoms with E-state index >= 15 is 0 Å². The highest BCUT2D eigenvalue weighted by molar-refractivity contribution is 5.51. The minimum atomic E-state index is -0.945. The van der Waals surface area contributed by atoms with Crippen molar-refractivity contribution < 1.29 is 28.4 Å². The Kier molecular flexibility index (Phi) is 8.12. The van der Waals surface area contributed by atoms with Gasteiger partial charge in [0.15, 0.2) is 0 Å². The molecule has 0 saturated carbocycles. The first-order valence-electron chi connectivity index (χ1n) is 10.4. The highest BCUT2D eigenvalue weighted by atomic mass is 19.1. The van der Waals surface area contributed by atoms with Crippen molar-refractivity contribution in [2.45, 2.75) is 20.8 Å². The first-order chi connectivity index (χ1) is 17.2. The van der Waals surface area contributed by atoms with Crippen molar-refractivity contribution in [1.29, 1.82) is 0 Å². The van der Waals surface area contributed by atoms with Crippen molar-refractivity contribution in [2.24, 2.45) is 0 Å². The summed E-state index contributed by atoms with van der Waals surface area (Å²) in [7, 11) is 0. The Hall–Kier alpha value is -5.01. The molecule has 0 saturated heterocycles. The largest absolute Gasteiger partial charge is 0.487 e. The van der Waals surface area contributed by atoms with Gasteiger partial charge in [0.2, 0.25) is 23.3 Å². The van der Waals surface area contributed by atoms with Crippen molar-refractivity contribution in [3.8, 4) is 29.0 Å². The van der Waals surface area contributed by atoms with Crippen LogP contribution >= 0.6 is 0 Å². The van der Waals surface area contributed by atoms with E-state index in [0.29, 0.717) is 18.2 Å². The number of rotatable bonds is 8. The van der Waals surface area contributed by atoms with Crippen LogP contribution in [0.1, 0.15) is 18.3 Å². The van der Waals surface area contributed by atoms with E-state index in [1.165, 1.54) is 24.3 Å². The van der Waals surface area contributed by atoms with Crippen LogP contribution in [0, 0.1) is 39.9 Å². The Balaban J connectivity index is 0.000000202. The lowest BCUT2D eigenvalue weighted by Crippen LogP contribution is -1.98. The molecule has 2 heterocycles. The lowest BCUT2D eigenvalue weighted by Gasteiger charge is -2.06. The summed E-state index contributed by atoms with van der Waals surface area (Å²) in [5.74, 6) is 0.488. The quantitative estimate of drug-likeness (QED) is 0.238. The van der Waals surface area contributed by atoms with E-state index in [2.05, 4.69) is 20.4 Å². The molecule has 2 N–H and O–H groups in total. The number of aromatic amines is 2.